The van der Waals surface area contributed by atoms with Crippen LogP contribution in [0.4, 0.5) is 15.8 Å². The molecule has 3 N–H and O–H groups in total. The number of H-pyrrole nitrogens is 1. The normalized spacial score (nSPS) is 14.8. The molecular formula is C19H23FN4O2. The minimum Gasteiger partial charge on any atom is -0.323 e. The van der Waals surface area contributed by atoms with E-state index in [4.69, 9.17) is 0 Å². The molecule has 7 heteroatoms. The Morgan fingerprint density at radius 1 is 1.19 bits per heavy atom. The second-order valence-corrected chi connectivity index (χ2v) is 6.60. The van der Waals surface area contributed by atoms with Crippen LogP contribution in [-0.2, 0) is 11.2 Å². The highest BCUT2D eigenvalue weighted by Crippen LogP contribution is 2.26. The first-order valence-corrected chi connectivity index (χ1v) is 9.03. The van der Waals surface area contributed by atoms with Crippen molar-refractivity contribution >= 4 is 23.2 Å². The van der Waals surface area contributed by atoms with Crippen molar-refractivity contribution in [1.82, 2.24) is 10.2 Å². The largest absolute Gasteiger partial charge is 0.323 e. The Labute approximate surface area is 151 Å². The molecule has 1 saturated carbocycles. The number of carbonyl (C=O) groups is 2. The zero-order chi connectivity index (χ0) is 18.5. The SMILES string of the molecule is CCc1cc(C(=O)Nc2ccc(F)c(NC(=O)C3CCCCC3)c2)n[nH]1. The van der Waals surface area contributed by atoms with Crippen molar-refractivity contribution in [2.24, 2.45) is 5.92 Å². The molecule has 26 heavy (non-hydrogen) atoms. The Balaban J connectivity index is 1.68. The zero-order valence-corrected chi connectivity index (χ0v) is 14.8. The van der Waals surface area contributed by atoms with E-state index < -0.39 is 11.7 Å². The molecule has 1 fully saturated rings. The molecule has 1 aliphatic rings. The predicted octanol–water partition coefficient (Wildman–Crippen LogP) is 3.88. The van der Waals surface area contributed by atoms with Gasteiger partial charge in [0.25, 0.3) is 5.91 Å². The summed E-state index contributed by atoms with van der Waals surface area (Å²) in [5.41, 5.74) is 1.60. The summed E-state index contributed by atoms with van der Waals surface area (Å²) in [6.45, 7) is 1.95. The van der Waals surface area contributed by atoms with Gasteiger partial charge in [-0.15, -0.1) is 0 Å². The number of halogens is 1. The first-order valence-electron chi connectivity index (χ1n) is 9.03. The number of carbonyl (C=O) groups excluding carboxylic acids is 2. The highest BCUT2D eigenvalue weighted by Gasteiger charge is 2.22. The van der Waals surface area contributed by atoms with Gasteiger partial charge in [0.1, 0.15) is 5.82 Å². The van der Waals surface area contributed by atoms with Gasteiger partial charge in [0, 0.05) is 17.3 Å². The first-order chi connectivity index (χ1) is 12.6. The lowest BCUT2D eigenvalue weighted by atomic mass is 9.88. The number of nitrogens with zero attached hydrogens (tertiary/aromatic N) is 1. The van der Waals surface area contributed by atoms with Gasteiger partial charge in [-0.2, -0.15) is 5.10 Å². The number of hydrogen-bond acceptors (Lipinski definition) is 3. The van der Waals surface area contributed by atoms with Crippen LogP contribution in [0.5, 0.6) is 0 Å². The predicted molar refractivity (Wildman–Crippen MR) is 97.5 cm³/mol. The van der Waals surface area contributed by atoms with Crippen LogP contribution in [0.3, 0.4) is 0 Å². The molecule has 0 atom stereocenters. The molecule has 0 spiro atoms. The van der Waals surface area contributed by atoms with Gasteiger partial charge in [0.2, 0.25) is 5.91 Å². The average Bonchev–Trinajstić information content (AvgIpc) is 3.14. The number of aromatic nitrogens is 2. The van der Waals surface area contributed by atoms with Crippen LogP contribution < -0.4 is 10.6 Å². The first kappa shape index (κ1) is 18.1. The molecule has 2 aromatic rings. The molecule has 1 aromatic carbocycles. The Bertz CT molecular complexity index is 797. The number of hydrogen-bond donors (Lipinski definition) is 3. The van der Waals surface area contributed by atoms with E-state index in [2.05, 4.69) is 20.8 Å². The minimum absolute atomic E-state index is 0.0714. The van der Waals surface area contributed by atoms with E-state index in [9.17, 15) is 14.0 Å². The summed E-state index contributed by atoms with van der Waals surface area (Å²) in [5, 5.41) is 12.1. The van der Waals surface area contributed by atoms with E-state index in [1.807, 2.05) is 6.92 Å². The topological polar surface area (TPSA) is 86.9 Å². The van der Waals surface area contributed by atoms with Crippen molar-refractivity contribution in [1.29, 1.82) is 0 Å². The molecule has 2 amide bonds. The molecule has 0 saturated heterocycles. The van der Waals surface area contributed by atoms with Gasteiger partial charge in [-0.1, -0.05) is 26.2 Å². The van der Waals surface area contributed by atoms with Crippen molar-refractivity contribution < 1.29 is 14.0 Å². The van der Waals surface area contributed by atoms with Gasteiger partial charge >= 0.3 is 0 Å². The molecular weight excluding hydrogens is 335 g/mol. The van der Waals surface area contributed by atoms with Gasteiger partial charge in [-0.3, -0.25) is 14.7 Å². The Hall–Kier alpha value is -2.70. The molecule has 1 aliphatic carbocycles. The summed E-state index contributed by atoms with van der Waals surface area (Å²) in [4.78, 5) is 24.6. The van der Waals surface area contributed by atoms with E-state index in [1.54, 1.807) is 6.07 Å². The molecule has 0 aliphatic heterocycles. The lowest BCUT2D eigenvalue weighted by Gasteiger charge is -2.21. The second kappa shape index (κ2) is 8.12. The second-order valence-electron chi connectivity index (χ2n) is 6.60. The van der Waals surface area contributed by atoms with Gasteiger partial charge < -0.3 is 10.6 Å². The third-order valence-corrected chi connectivity index (χ3v) is 4.70. The van der Waals surface area contributed by atoms with Crippen molar-refractivity contribution in [3.8, 4) is 0 Å². The smallest absolute Gasteiger partial charge is 0.276 e. The van der Waals surface area contributed by atoms with Crippen LogP contribution in [-0.4, -0.2) is 22.0 Å². The van der Waals surface area contributed by atoms with Gasteiger partial charge in [-0.25, -0.2) is 4.39 Å². The molecule has 0 radical (unpaired) electrons. The molecule has 138 valence electrons. The maximum atomic E-state index is 14.1. The summed E-state index contributed by atoms with van der Waals surface area (Å²) in [6, 6.07) is 5.79. The quantitative estimate of drug-likeness (QED) is 0.758. The van der Waals surface area contributed by atoms with E-state index in [-0.39, 0.29) is 23.2 Å². The molecule has 0 unspecified atom stereocenters. The monoisotopic (exact) mass is 358 g/mol. The lowest BCUT2D eigenvalue weighted by molar-refractivity contribution is -0.120. The highest BCUT2D eigenvalue weighted by atomic mass is 19.1. The van der Waals surface area contributed by atoms with Gasteiger partial charge in [0.15, 0.2) is 5.69 Å². The summed E-state index contributed by atoms with van der Waals surface area (Å²) in [7, 11) is 0. The summed E-state index contributed by atoms with van der Waals surface area (Å²) < 4.78 is 14.1. The van der Waals surface area contributed by atoms with Crippen LogP contribution in [0.2, 0.25) is 0 Å². The molecule has 6 nitrogen and oxygen atoms in total. The number of aryl methyl sites for hydroxylation is 1. The minimum atomic E-state index is -0.528. The number of rotatable bonds is 5. The fourth-order valence-corrected chi connectivity index (χ4v) is 3.15. The molecule has 3 rings (SSSR count). The van der Waals surface area contributed by atoms with Crippen molar-refractivity contribution in [3.05, 3.63) is 41.5 Å². The van der Waals surface area contributed by atoms with Gasteiger partial charge in [0.05, 0.1) is 5.69 Å². The number of amides is 2. The van der Waals surface area contributed by atoms with E-state index in [0.29, 0.717) is 5.69 Å². The van der Waals surface area contributed by atoms with Crippen molar-refractivity contribution in [3.63, 3.8) is 0 Å². The van der Waals surface area contributed by atoms with Crippen LogP contribution in [0.1, 0.15) is 55.2 Å². The van der Waals surface area contributed by atoms with E-state index >= 15 is 0 Å². The van der Waals surface area contributed by atoms with E-state index in [1.165, 1.54) is 18.2 Å². The molecule has 1 aromatic heterocycles. The number of anilines is 2. The van der Waals surface area contributed by atoms with Crippen LogP contribution in [0.25, 0.3) is 0 Å². The van der Waals surface area contributed by atoms with Crippen LogP contribution in [0, 0.1) is 11.7 Å². The van der Waals surface area contributed by atoms with E-state index in [0.717, 1.165) is 44.2 Å². The number of benzene rings is 1. The Morgan fingerprint density at radius 2 is 1.96 bits per heavy atom. The fraction of sp³-hybridized carbons (Fsp3) is 0.421. The summed E-state index contributed by atoms with van der Waals surface area (Å²) in [5.74, 6) is -1.15. The number of nitrogens with one attached hydrogen (secondary N) is 3. The summed E-state index contributed by atoms with van der Waals surface area (Å²) in [6.07, 6.45) is 5.62. The molecule has 0 bridgehead atoms. The maximum Gasteiger partial charge on any atom is 0.276 e. The Morgan fingerprint density at radius 3 is 2.65 bits per heavy atom. The van der Waals surface area contributed by atoms with Crippen molar-refractivity contribution in [2.75, 3.05) is 10.6 Å². The van der Waals surface area contributed by atoms with Crippen LogP contribution >= 0.6 is 0 Å². The Kier molecular flexibility index (Phi) is 5.65. The average molecular weight is 358 g/mol. The third kappa shape index (κ3) is 4.28. The maximum absolute atomic E-state index is 14.1. The standard InChI is InChI=1S/C19H23FN4O2/c1-2-13-10-17(24-23-13)19(26)21-14-8-9-15(20)16(11-14)22-18(25)12-6-4-3-5-7-12/h8-12H,2-7H2,1H3,(H,21,26)(H,22,25)(H,23,24). The highest BCUT2D eigenvalue weighted by molar-refractivity contribution is 6.03. The van der Waals surface area contributed by atoms with Crippen molar-refractivity contribution in [2.45, 2.75) is 45.4 Å². The lowest BCUT2D eigenvalue weighted by Crippen LogP contribution is -2.25. The molecule has 1 heterocycles. The third-order valence-electron chi connectivity index (χ3n) is 4.70. The van der Waals surface area contributed by atoms with Crippen LogP contribution in [0.15, 0.2) is 24.3 Å². The number of aromatic amines is 1. The summed E-state index contributed by atoms with van der Waals surface area (Å²) >= 11 is 0. The van der Waals surface area contributed by atoms with Gasteiger partial charge in [-0.05, 0) is 43.5 Å². The fourth-order valence-electron chi connectivity index (χ4n) is 3.15. The zero-order valence-electron chi connectivity index (χ0n) is 14.8.